The molecule has 0 heterocycles. The number of amides is 1. The summed E-state index contributed by atoms with van der Waals surface area (Å²) in [5, 5.41) is 4.37. The molecule has 0 radical (unpaired) electrons. The molecule has 0 atom stereocenters. The molecule has 1 aromatic carbocycles. The van der Waals surface area contributed by atoms with E-state index < -0.39 is 74.8 Å². The number of nitrogens with zero attached hydrogens (tertiary/aromatic N) is 1. The van der Waals surface area contributed by atoms with Crippen molar-refractivity contribution in [1.29, 1.82) is 0 Å². The first-order valence-corrected chi connectivity index (χ1v) is 9.23. The minimum absolute atomic E-state index is 0.0564. The van der Waals surface area contributed by atoms with E-state index in [1.807, 2.05) is 0 Å². The van der Waals surface area contributed by atoms with Crippen LogP contribution in [-0.4, -0.2) is 64.8 Å². The highest BCUT2D eigenvalue weighted by Gasteiger charge is 2.95. The van der Waals surface area contributed by atoms with Crippen LogP contribution in [0.5, 0.6) is 5.75 Å². The van der Waals surface area contributed by atoms with Crippen molar-refractivity contribution >= 4 is 28.9 Å². The number of carbonyl (C=O) groups is 1. The fourth-order valence-electron chi connectivity index (χ4n) is 2.41. The van der Waals surface area contributed by atoms with E-state index >= 15 is 0 Å². The number of alkyl halides is 17. The highest BCUT2D eigenvalue weighted by Crippen LogP contribution is 2.64. The third-order valence-corrected chi connectivity index (χ3v) is 4.89. The Morgan fingerprint density at radius 1 is 0.769 bits per heavy atom. The lowest BCUT2D eigenvalue weighted by atomic mass is 9.89. The van der Waals surface area contributed by atoms with Gasteiger partial charge in [-0.1, -0.05) is 0 Å². The van der Waals surface area contributed by atoms with Crippen LogP contribution in [0.15, 0.2) is 18.2 Å². The summed E-state index contributed by atoms with van der Waals surface area (Å²) in [6.07, 6.45) is 0. The zero-order chi connectivity index (χ0) is 31.4. The molecule has 1 N–H and O–H groups in total. The van der Waals surface area contributed by atoms with Gasteiger partial charge >= 0.3 is 52.7 Å². The lowest BCUT2D eigenvalue weighted by Gasteiger charge is -2.42. The highest BCUT2D eigenvalue weighted by atomic mass is 35.5. The number of nitrogens with one attached hydrogen (secondary N) is 1. The molecule has 0 unspecified atom stereocenters. The standard InChI is InChI=1S/C16H7ClF16N2O4/c1-39-7-3-2-5(35(37)38)4-6(7)34-8(36)9(18,19)10(20,21)11(22,23)12(24,25)13(26,27)14(28,29)15(30,31)16(17,32)33/h2-4H,1H3,(H,34,36). The number of anilines is 1. The smallest absolute Gasteiger partial charge is 0.393 e. The zero-order valence-corrected chi connectivity index (χ0v) is 18.5. The Morgan fingerprint density at radius 2 is 1.15 bits per heavy atom. The van der Waals surface area contributed by atoms with E-state index in [0.717, 1.165) is 0 Å². The number of hydrogen-bond acceptors (Lipinski definition) is 4. The molecule has 23 heteroatoms. The first kappa shape index (κ1) is 34.1. The van der Waals surface area contributed by atoms with E-state index in [9.17, 15) is 85.2 Å². The van der Waals surface area contributed by atoms with Gasteiger partial charge in [0.05, 0.1) is 17.7 Å². The number of non-ortho nitro benzene ring substituents is 1. The third-order valence-electron chi connectivity index (χ3n) is 4.65. The third kappa shape index (κ3) is 4.83. The quantitative estimate of drug-likeness (QED) is 0.126. The van der Waals surface area contributed by atoms with E-state index in [1.54, 1.807) is 0 Å². The van der Waals surface area contributed by atoms with Gasteiger partial charge in [-0.2, -0.15) is 70.2 Å². The van der Waals surface area contributed by atoms with E-state index in [0.29, 0.717) is 24.6 Å². The maximum Gasteiger partial charge on any atom is 0.393 e. The topological polar surface area (TPSA) is 81.5 Å². The monoisotopic (exact) mass is 630 g/mol. The SMILES string of the molecule is COc1ccc([N+](=O)[O-])cc1NC(=O)C(F)(F)C(F)(F)C(F)(F)C(F)(F)C(F)(F)C(F)(F)C(F)(F)C(F)(F)Cl. The molecule has 224 valence electrons. The number of ether oxygens (including phenoxy) is 1. The molecule has 1 rings (SSSR count). The minimum Gasteiger partial charge on any atom is -0.495 e. The van der Waals surface area contributed by atoms with Crippen molar-refractivity contribution in [2.45, 2.75) is 46.8 Å². The summed E-state index contributed by atoms with van der Waals surface area (Å²) in [5.41, 5.74) is -2.54. The van der Waals surface area contributed by atoms with Crippen LogP contribution in [0.25, 0.3) is 0 Å². The van der Waals surface area contributed by atoms with Crippen molar-refractivity contribution in [2.75, 3.05) is 12.4 Å². The first-order valence-electron chi connectivity index (χ1n) is 8.86. The molecule has 0 spiro atoms. The van der Waals surface area contributed by atoms with Crippen LogP contribution in [0.1, 0.15) is 0 Å². The van der Waals surface area contributed by atoms with Crippen LogP contribution in [0, 0.1) is 10.1 Å². The van der Waals surface area contributed by atoms with E-state index in [-0.39, 0.29) is 6.07 Å². The Morgan fingerprint density at radius 3 is 1.51 bits per heavy atom. The van der Waals surface area contributed by atoms with Crippen LogP contribution < -0.4 is 10.1 Å². The highest BCUT2D eigenvalue weighted by molar-refractivity contribution is 6.22. The van der Waals surface area contributed by atoms with Crippen molar-refractivity contribution in [3.8, 4) is 5.75 Å². The van der Waals surface area contributed by atoms with Gasteiger partial charge in [-0.05, 0) is 17.7 Å². The average molecular weight is 631 g/mol. The Hall–Kier alpha value is -2.94. The lowest BCUT2D eigenvalue weighted by Crippen LogP contribution is -2.75. The predicted molar refractivity (Wildman–Crippen MR) is 93.7 cm³/mol. The van der Waals surface area contributed by atoms with Gasteiger partial charge in [0, 0.05) is 12.1 Å². The Balaban J connectivity index is 3.65. The first-order chi connectivity index (χ1) is 17.0. The van der Waals surface area contributed by atoms with E-state index in [1.165, 1.54) is 0 Å². The number of nitro benzene ring substituents is 1. The molecule has 1 amide bonds. The van der Waals surface area contributed by atoms with Crippen LogP contribution in [-0.2, 0) is 4.79 Å². The maximum atomic E-state index is 14.0. The van der Waals surface area contributed by atoms with Gasteiger partial charge in [-0.25, -0.2) is 0 Å². The zero-order valence-electron chi connectivity index (χ0n) is 17.7. The van der Waals surface area contributed by atoms with Gasteiger partial charge < -0.3 is 10.1 Å². The van der Waals surface area contributed by atoms with Gasteiger partial charge in [0.25, 0.3) is 5.69 Å². The number of benzene rings is 1. The lowest BCUT2D eigenvalue weighted by molar-refractivity contribution is -0.445. The molecule has 0 aliphatic heterocycles. The van der Waals surface area contributed by atoms with Gasteiger partial charge in [0.1, 0.15) is 5.75 Å². The Kier molecular flexibility index (Phi) is 8.40. The van der Waals surface area contributed by atoms with Crippen LogP contribution in [0.2, 0.25) is 0 Å². The number of rotatable bonds is 11. The molecule has 0 aliphatic rings. The number of hydrogen-bond donors (Lipinski definition) is 1. The largest absolute Gasteiger partial charge is 0.495 e. The second kappa shape index (κ2) is 9.61. The summed E-state index contributed by atoms with van der Waals surface area (Å²) in [6.45, 7) is 0. The second-order valence-electron chi connectivity index (χ2n) is 7.11. The van der Waals surface area contributed by atoms with Gasteiger partial charge in [0.15, 0.2) is 0 Å². The van der Waals surface area contributed by atoms with Crippen LogP contribution in [0.4, 0.5) is 81.6 Å². The van der Waals surface area contributed by atoms with Crippen molar-refractivity contribution in [1.82, 2.24) is 0 Å². The van der Waals surface area contributed by atoms with E-state index in [4.69, 9.17) is 0 Å². The fourth-order valence-corrected chi connectivity index (χ4v) is 2.53. The van der Waals surface area contributed by atoms with Crippen molar-refractivity contribution < 1.29 is 84.7 Å². The molecule has 1 aromatic rings. The fraction of sp³-hybridized carbons (Fsp3) is 0.562. The van der Waals surface area contributed by atoms with Gasteiger partial charge in [-0.15, -0.1) is 0 Å². The van der Waals surface area contributed by atoms with Gasteiger partial charge in [0.2, 0.25) is 0 Å². The molecular weight excluding hydrogens is 624 g/mol. The molecule has 0 aliphatic carbocycles. The summed E-state index contributed by atoms with van der Waals surface area (Å²) in [4.78, 5) is 21.0. The molecule has 0 saturated carbocycles. The van der Waals surface area contributed by atoms with Crippen molar-refractivity contribution in [3.05, 3.63) is 28.3 Å². The summed E-state index contributed by atoms with van der Waals surface area (Å²) < 4.78 is 220. The summed E-state index contributed by atoms with van der Waals surface area (Å²) in [7, 11) is 0.653. The van der Waals surface area contributed by atoms with E-state index in [2.05, 4.69) is 16.3 Å². The molecule has 39 heavy (non-hydrogen) atoms. The average Bonchev–Trinajstić information content (AvgIpc) is 2.77. The van der Waals surface area contributed by atoms with Crippen molar-refractivity contribution in [3.63, 3.8) is 0 Å². The number of nitro groups is 1. The summed E-state index contributed by atoms with van der Waals surface area (Å²) in [5.74, 6) is -62.6. The molecule has 0 saturated heterocycles. The molecule has 0 aromatic heterocycles. The summed E-state index contributed by atoms with van der Waals surface area (Å²) >= 11 is 3.41. The Bertz CT molecular complexity index is 1120. The van der Waals surface area contributed by atoms with Crippen LogP contribution in [0.3, 0.4) is 0 Å². The predicted octanol–water partition coefficient (Wildman–Crippen LogP) is 6.82. The minimum atomic E-state index is -8.74. The van der Waals surface area contributed by atoms with Crippen molar-refractivity contribution in [2.24, 2.45) is 0 Å². The molecule has 6 nitrogen and oxygen atoms in total. The normalized spacial score (nSPS) is 14.7. The Labute approximate surface area is 208 Å². The van der Waals surface area contributed by atoms with Gasteiger partial charge in [-0.3, -0.25) is 14.9 Å². The maximum absolute atomic E-state index is 14.0. The molecular formula is C16H7ClF16N2O4. The number of methoxy groups -OCH3 is 1. The van der Waals surface area contributed by atoms with Crippen LogP contribution >= 0.6 is 11.6 Å². The number of halogens is 17. The molecule has 0 fully saturated rings. The number of carbonyl (C=O) groups excluding carboxylic acids is 1. The molecule has 0 bridgehead atoms. The second-order valence-corrected chi connectivity index (χ2v) is 7.59. The summed E-state index contributed by atoms with van der Waals surface area (Å²) in [6, 6.07) is 1.08.